The Morgan fingerprint density at radius 1 is 0.408 bits per heavy atom. The second-order valence-electron chi connectivity index (χ2n) is 11.2. The lowest BCUT2D eigenvalue weighted by atomic mass is 10.0. The van der Waals surface area contributed by atoms with Crippen molar-refractivity contribution < 1.29 is 15.1 Å². The molecule has 0 N–H and O–H groups in total. The van der Waals surface area contributed by atoms with Gasteiger partial charge >= 0.3 is 0 Å². The summed E-state index contributed by atoms with van der Waals surface area (Å²) in [4.78, 5) is 14.8. The molecule has 3 nitrogen and oxygen atoms in total. The maximum Gasteiger partial charge on any atom is 0.164 e. The van der Waals surface area contributed by atoms with Gasteiger partial charge in [-0.25, -0.2) is 15.0 Å². The van der Waals surface area contributed by atoms with Crippen LogP contribution >= 0.6 is 11.3 Å². The van der Waals surface area contributed by atoms with Gasteiger partial charge in [0, 0.05) is 36.9 Å². The number of hydrogen-bond acceptors (Lipinski definition) is 4. The average molecular weight is 655 g/mol. The maximum atomic E-state index is 9.34. The van der Waals surface area contributed by atoms with Crippen LogP contribution in [0.2, 0.25) is 0 Å². The third-order valence-electron chi connectivity index (χ3n) is 8.21. The Kier molecular flexibility index (Phi) is 4.96. The van der Waals surface area contributed by atoms with E-state index in [1.807, 2.05) is 109 Å². The molecule has 0 spiro atoms. The quantitative estimate of drug-likeness (QED) is 0.179. The van der Waals surface area contributed by atoms with Crippen molar-refractivity contribution in [2.45, 2.75) is 0 Å². The average Bonchev–Trinajstić information content (AvgIpc) is 3.68. The lowest BCUT2D eigenvalue weighted by Gasteiger charge is -2.11. The number of aromatic nitrogens is 3. The van der Waals surface area contributed by atoms with E-state index in [-0.39, 0.29) is 60.4 Å². The van der Waals surface area contributed by atoms with Crippen molar-refractivity contribution in [2.24, 2.45) is 0 Å². The number of thiophene rings is 1. The van der Waals surface area contributed by atoms with Gasteiger partial charge in [-0.15, -0.1) is 11.3 Å². The molecule has 0 aliphatic carbocycles. The largest absolute Gasteiger partial charge is 0.208 e. The van der Waals surface area contributed by atoms with Crippen molar-refractivity contribution in [1.82, 2.24) is 15.0 Å². The Morgan fingerprint density at radius 3 is 1.73 bits per heavy atom. The van der Waals surface area contributed by atoms with Gasteiger partial charge in [-0.05, 0) is 45.5 Å². The summed E-state index contributed by atoms with van der Waals surface area (Å²) in [5.41, 5.74) is 4.57. The zero-order valence-electron chi connectivity index (χ0n) is 36.6. The second-order valence-corrected chi connectivity index (χ2v) is 12.2. The molecule has 0 aliphatic heterocycles. The summed E-state index contributed by atoms with van der Waals surface area (Å²) in [6.45, 7) is 0. The third-order valence-corrected chi connectivity index (χ3v) is 9.33. The second kappa shape index (κ2) is 12.4. The molecule has 0 radical (unpaired) electrons. The molecule has 0 fully saturated rings. The topological polar surface area (TPSA) is 38.7 Å². The fourth-order valence-electron chi connectivity index (χ4n) is 5.85. The summed E-state index contributed by atoms with van der Waals surface area (Å²) in [5.74, 6) is 0.448. The van der Waals surface area contributed by atoms with Crippen LogP contribution in [0.15, 0.2) is 176 Å². The van der Waals surface area contributed by atoms with Crippen molar-refractivity contribution in [3.05, 3.63) is 176 Å². The Labute approximate surface area is 304 Å². The normalized spacial score (nSPS) is 14.4. The summed E-state index contributed by atoms with van der Waals surface area (Å²) in [6.07, 6.45) is 0. The van der Waals surface area contributed by atoms with Crippen molar-refractivity contribution >= 4 is 31.5 Å². The van der Waals surface area contributed by atoms with Crippen molar-refractivity contribution in [2.75, 3.05) is 0 Å². The summed E-state index contributed by atoms with van der Waals surface area (Å²) in [6, 6.07) is 29.1. The van der Waals surface area contributed by atoms with Gasteiger partial charge in [-0.3, -0.25) is 0 Å². The van der Waals surface area contributed by atoms with Crippen LogP contribution in [0, 0.1) is 0 Å². The molecule has 0 unspecified atom stereocenters. The van der Waals surface area contributed by atoms with Crippen LogP contribution in [-0.2, 0) is 0 Å². The van der Waals surface area contributed by atoms with Gasteiger partial charge in [0.05, 0.1) is 15.1 Å². The van der Waals surface area contributed by atoms with E-state index in [1.165, 1.54) is 0 Å². The van der Waals surface area contributed by atoms with Crippen LogP contribution in [0.1, 0.15) is 15.1 Å². The molecule has 4 heteroatoms. The molecule has 0 aliphatic rings. The lowest BCUT2D eigenvalue weighted by molar-refractivity contribution is 1.08. The molecule has 2 heterocycles. The predicted octanol–water partition coefficient (Wildman–Crippen LogP) is 12.2. The number of benzene rings is 7. The molecule has 0 bridgehead atoms. The molecular formula is C45H29N3S. The van der Waals surface area contributed by atoms with Crippen LogP contribution < -0.4 is 0 Å². The van der Waals surface area contributed by atoms with E-state index in [4.69, 9.17) is 27.3 Å². The first-order valence-electron chi connectivity index (χ1n) is 21.0. The lowest BCUT2D eigenvalue weighted by Crippen LogP contribution is -2.00. The standard InChI is InChI=1S/C45H29N3S/c1-4-13-30(14-5-1)32-25-27-34(28-26-32)43-46-44(36-20-10-19-35(29-36)31-15-6-2-7-16-31)48-45(47-43)39-23-12-24-40-41(39)38-22-11-21-37(42(38)49-40)33-17-8-3-9-18-33/h1-29H/i3D,8D,9D,11D,12D,17D,18D,21D,22D,23D,24D. The number of nitrogens with zero attached hydrogens (tertiary/aromatic N) is 3. The van der Waals surface area contributed by atoms with Crippen LogP contribution in [0.25, 0.3) is 87.7 Å². The third kappa shape index (κ3) is 5.48. The van der Waals surface area contributed by atoms with Gasteiger partial charge in [0.25, 0.3) is 0 Å². The molecule has 0 saturated heterocycles. The first-order chi connectivity index (χ1) is 28.8. The van der Waals surface area contributed by atoms with E-state index in [0.29, 0.717) is 11.1 Å². The molecular weight excluding hydrogens is 615 g/mol. The first-order valence-corrected chi connectivity index (χ1v) is 16.3. The van der Waals surface area contributed by atoms with E-state index in [2.05, 4.69) is 0 Å². The smallest absolute Gasteiger partial charge is 0.164 e. The van der Waals surface area contributed by atoms with E-state index in [9.17, 15) is 2.74 Å². The molecule has 9 rings (SSSR count). The molecule has 9 aromatic rings. The number of fused-ring (bicyclic) bond motifs is 3. The van der Waals surface area contributed by atoms with E-state index < -0.39 is 60.4 Å². The highest BCUT2D eigenvalue weighted by atomic mass is 32.1. The molecule has 230 valence electrons. The van der Waals surface area contributed by atoms with Gasteiger partial charge in [0.1, 0.15) is 0 Å². The van der Waals surface area contributed by atoms with Crippen molar-refractivity contribution in [1.29, 1.82) is 0 Å². The van der Waals surface area contributed by atoms with Gasteiger partial charge < -0.3 is 0 Å². The Balaban J connectivity index is 1.36. The van der Waals surface area contributed by atoms with Gasteiger partial charge in [0.15, 0.2) is 17.5 Å². The van der Waals surface area contributed by atoms with Crippen LogP contribution in [0.3, 0.4) is 0 Å². The van der Waals surface area contributed by atoms with E-state index in [0.717, 1.165) is 33.6 Å². The molecule has 2 aromatic heterocycles. The highest BCUT2D eigenvalue weighted by Crippen LogP contribution is 2.43. The zero-order chi connectivity index (χ0) is 42.1. The van der Waals surface area contributed by atoms with Gasteiger partial charge in [-0.2, -0.15) is 0 Å². The molecule has 0 saturated carbocycles. The maximum absolute atomic E-state index is 9.34. The summed E-state index contributed by atoms with van der Waals surface area (Å²) >= 11 is 0.891. The Hall–Kier alpha value is -6.23. The van der Waals surface area contributed by atoms with Crippen molar-refractivity contribution in [3.8, 4) is 67.5 Å². The summed E-state index contributed by atoms with van der Waals surface area (Å²) in [7, 11) is 0. The zero-order valence-corrected chi connectivity index (χ0v) is 26.5. The molecule has 7 aromatic carbocycles. The summed E-state index contributed by atoms with van der Waals surface area (Å²) < 4.78 is 97.0. The molecule has 0 atom stereocenters. The van der Waals surface area contributed by atoms with E-state index >= 15 is 0 Å². The van der Waals surface area contributed by atoms with Gasteiger partial charge in [-0.1, -0.05) is 164 Å². The van der Waals surface area contributed by atoms with Crippen LogP contribution in [0.4, 0.5) is 0 Å². The fraction of sp³-hybridized carbons (Fsp3) is 0. The minimum Gasteiger partial charge on any atom is -0.208 e. The SMILES string of the molecule is [2H]c1c([2H])c([2H])c(-c2c([2H])c([2H])c([2H])c3c2sc2c([2H])c([2H])c([2H])c(-c4nc(-c5ccc(-c6ccccc6)cc5)nc(-c5cccc(-c6ccccc6)c5)n4)c23)c([2H])c1[2H]. The number of hydrogen-bond donors (Lipinski definition) is 0. The van der Waals surface area contributed by atoms with Crippen LogP contribution in [0.5, 0.6) is 0 Å². The predicted molar refractivity (Wildman–Crippen MR) is 205 cm³/mol. The monoisotopic (exact) mass is 654 g/mol. The van der Waals surface area contributed by atoms with Crippen molar-refractivity contribution in [3.63, 3.8) is 0 Å². The summed E-state index contributed by atoms with van der Waals surface area (Å²) in [5, 5.41) is 0.116. The first kappa shape index (κ1) is 19.6. The molecule has 0 amide bonds. The minimum atomic E-state index is -0.636. The Morgan fingerprint density at radius 2 is 0.980 bits per heavy atom. The fourth-order valence-corrected chi connectivity index (χ4v) is 6.98. The van der Waals surface area contributed by atoms with E-state index in [1.54, 1.807) is 0 Å². The van der Waals surface area contributed by atoms with Gasteiger partial charge in [0.2, 0.25) is 0 Å². The molecule has 49 heavy (non-hydrogen) atoms. The minimum absolute atomic E-state index is 0.0108. The highest BCUT2D eigenvalue weighted by molar-refractivity contribution is 7.26. The Bertz CT molecular complexity index is 3180. The van der Waals surface area contributed by atoms with Crippen LogP contribution in [-0.4, -0.2) is 15.0 Å². The highest BCUT2D eigenvalue weighted by Gasteiger charge is 2.18. The number of rotatable bonds is 6.